The van der Waals surface area contributed by atoms with Gasteiger partial charge in [-0.15, -0.1) is 0 Å². The van der Waals surface area contributed by atoms with Crippen molar-refractivity contribution >= 4 is 5.69 Å². The molecule has 0 aliphatic rings. The molecule has 1 N–H and O–H groups in total. The van der Waals surface area contributed by atoms with E-state index in [1.165, 1.54) is 12.5 Å². The van der Waals surface area contributed by atoms with Crippen LogP contribution >= 0.6 is 0 Å². The third-order valence-electron chi connectivity index (χ3n) is 2.43. The average Bonchev–Trinajstić information content (AvgIpc) is 3.02. The molecular formula is C14H7N5O. The maximum Gasteiger partial charge on any atom is 0.227 e. The van der Waals surface area contributed by atoms with Crippen LogP contribution < -0.4 is 5.32 Å². The van der Waals surface area contributed by atoms with Gasteiger partial charge in [0.05, 0.1) is 17.4 Å². The topological polar surface area (TPSA) is 109 Å². The summed E-state index contributed by atoms with van der Waals surface area (Å²) in [6, 6.07) is 12.1. The maximum atomic E-state index is 9.03. The molecule has 6 nitrogen and oxygen atoms in total. The number of nitrogens with one attached hydrogen (secondary N) is 1. The molecule has 20 heavy (non-hydrogen) atoms. The molecule has 0 amide bonds. The summed E-state index contributed by atoms with van der Waals surface area (Å²) in [5.74, 6) is 0.376. The highest BCUT2D eigenvalue weighted by atomic mass is 16.3. The van der Waals surface area contributed by atoms with Gasteiger partial charge in [-0.05, 0) is 12.1 Å². The number of para-hydroxylation sites is 1. The van der Waals surface area contributed by atoms with Gasteiger partial charge >= 0.3 is 0 Å². The van der Waals surface area contributed by atoms with Crippen LogP contribution in [0.1, 0.15) is 0 Å². The highest BCUT2D eigenvalue weighted by molar-refractivity contribution is 5.75. The van der Waals surface area contributed by atoms with E-state index in [4.69, 9.17) is 20.2 Å². The Hall–Kier alpha value is -3.56. The molecule has 0 aliphatic carbocycles. The zero-order chi connectivity index (χ0) is 14.4. The van der Waals surface area contributed by atoms with Crippen molar-refractivity contribution < 1.29 is 4.42 Å². The van der Waals surface area contributed by atoms with Crippen LogP contribution in [0.4, 0.5) is 5.69 Å². The van der Waals surface area contributed by atoms with Crippen molar-refractivity contribution in [3.8, 4) is 29.7 Å². The first-order chi connectivity index (χ1) is 9.80. The fourth-order valence-electron chi connectivity index (χ4n) is 1.55. The number of aromatic nitrogens is 1. The van der Waals surface area contributed by atoms with Crippen molar-refractivity contribution in [2.45, 2.75) is 0 Å². The lowest BCUT2D eigenvalue weighted by Gasteiger charge is -2.08. The third kappa shape index (κ3) is 2.48. The standard InChI is InChI=1S/C14H7N5O/c15-7-10(8-16)13(9-17)19-12-4-2-1-3-11(12)14-18-5-6-20-14/h1-6,19H. The van der Waals surface area contributed by atoms with Crippen molar-refractivity contribution in [2.75, 3.05) is 5.32 Å². The van der Waals surface area contributed by atoms with E-state index in [9.17, 15) is 0 Å². The minimum atomic E-state index is -0.283. The lowest BCUT2D eigenvalue weighted by molar-refractivity contribution is 0.575. The van der Waals surface area contributed by atoms with Crippen molar-refractivity contribution in [1.29, 1.82) is 15.8 Å². The second kappa shape index (κ2) is 5.86. The molecule has 2 aromatic rings. The second-order valence-electron chi connectivity index (χ2n) is 3.59. The summed E-state index contributed by atoms with van der Waals surface area (Å²) in [5, 5.41) is 29.4. The molecule has 94 valence electrons. The summed E-state index contributed by atoms with van der Waals surface area (Å²) in [4.78, 5) is 4.03. The summed E-state index contributed by atoms with van der Waals surface area (Å²) < 4.78 is 5.21. The smallest absolute Gasteiger partial charge is 0.227 e. The predicted octanol–water partition coefficient (Wildman–Crippen LogP) is 2.58. The molecule has 0 unspecified atom stereocenters. The van der Waals surface area contributed by atoms with Crippen LogP contribution in [0.25, 0.3) is 11.5 Å². The molecular weight excluding hydrogens is 254 g/mol. The summed E-state index contributed by atoms with van der Waals surface area (Å²) in [6.07, 6.45) is 2.94. The number of allylic oxidation sites excluding steroid dienone is 2. The summed E-state index contributed by atoms with van der Waals surface area (Å²) >= 11 is 0. The van der Waals surface area contributed by atoms with Crippen molar-refractivity contribution in [1.82, 2.24) is 4.98 Å². The Morgan fingerprint density at radius 3 is 2.45 bits per heavy atom. The van der Waals surface area contributed by atoms with E-state index in [0.717, 1.165) is 0 Å². The largest absolute Gasteiger partial charge is 0.444 e. The van der Waals surface area contributed by atoms with Gasteiger partial charge in [-0.3, -0.25) is 0 Å². The summed E-state index contributed by atoms with van der Waals surface area (Å²) in [5.41, 5.74) is 0.749. The van der Waals surface area contributed by atoms with E-state index in [-0.39, 0.29) is 11.3 Å². The van der Waals surface area contributed by atoms with Crippen LogP contribution in [0.2, 0.25) is 0 Å². The zero-order valence-corrected chi connectivity index (χ0v) is 10.2. The first-order valence-corrected chi connectivity index (χ1v) is 5.50. The van der Waals surface area contributed by atoms with Gasteiger partial charge < -0.3 is 9.73 Å². The normalized spacial score (nSPS) is 8.85. The van der Waals surface area contributed by atoms with Crippen molar-refractivity contribution in [3.63, 3.8) is 0 Å². The van der Waals surface area contributed by atoms with Crippen LogP contribution in [-0.4, -0.2) is 4.98 Å². The maximum absolute atomic E-state index is 9.03. The Balaban J connectivity index is 2.47. The van der Waals surface area contributed by atoms with E-state index >= 15 is 0 Å². The second-order valence-corrected chi connectivity index (χ2v) is 3.59. The first kappa shape index (κ1) is 12.9. The molecule has 0 spiro atoms. The van der Waals surface area contributed by atoms with Crippen LogP contribution in [0.3, 0.4) is 0 Å². The van der Waals surface area contributed by atoms with E-state index in [1.54, 1.807) is 42.5 Å². The van der Waals surface area contributed by atoms with Crippen LogP contribution in [0, 0.1) is 34.0 Å². The highest BCUT2D eigenvalue weighted by Gasteiger charge is 2.12. The van der Waals surface area contributed by atoms with Crippen molar-refractivity contribution in [2.24, 2.45) is 0 Å². The minimum absolute atomic E-state index is 0.117. The van der Waals surface area contributed by atoms with E-state index in [2.05, 4.69) is 10.3 Å². The van der Waals surface area contributed by atoms with Gasteiger partial charge in [0, 0.05) is 0 Å². The summed E-state index contributed by atoms with van der Waals surface area (Å²) in [7, 11) is 0. The molecule has 0 atom stereocenters. The Morgan fingerprint density at radius 2 is 1.85 bits per heavy atom. The van der Waals surface area contributed by atoms with Crippen molar-refractivity contribution in [3.05, 3.63) is 48.0 Å². The molecule has 1 heterocycles. The number of nitrogens with zero attached hydrogens (tertiary/aromatic N) is 4. The monoisotopic (exact) mass is 261 g/mol. The number of hydrogen-bond donors (Lipinski definition) is 1. The van der Waals surface area contributed by atoms with Gasteiger partial charge in [-0.2, -0.15) is 15.8 Å². The molecule has 1 aromatic carbocycles. The van der Waals surface area contributed by atoms with E-state index in [1.807, 2.05) is 0 Å². The number of hydrogen-bond acceptors (Lipinski definition) is 6. The van der Waals surface area contributed by atoms with Gasteiger partial charge in [0.1, 0.15) is 30.2 Å². The van der Waals surface area contributed by atoms with Gasteiger partial charge in [0.15, 0.2) is 5.57 Å². The predicted molar refractivity (Wildman–Crippen MR) is 69.4 cm³/mol. The Morgan fingerprint density at radius 1 is 1.10 bits per heavy atom. The number of benzene rings is 1. The molecule has 0 radical (unpaired) electrons. The number of nitriles is 3. The van der Waals surface area contributed by atoms with Crippen LogP contribution in [0.5, 0.6) is 0 Å². The molecule has 0 saturated carbocycles. The number of rotatable bonds is 3. The molecule has 0 aliphatic heterocycles. The van der Waals surface area contributed by atoms with Crippen LogP contribution in [0.15, 0.2) is 52.4 Å². The van der Waals surface area contributed by atoms with Gasteiger partial charge in [-0.25, -0.2) is 4.98 Å². The molecule has 0 bridgehead atoms. The van der Waals surface area contributed by atoms with E-state index in [0.29, 0.717) is 17.1 Å². The zero-order valence-electron chi connectivity index (χ0n) is 10.2. The Labute approximate surface area is 114 Å². The molecule has 2 rings (SSSR count). The SMILES string of the molecule is N#CC(C#N)=C(C#N)Nc1ccccc1-c1ncco1. The minimum Gasteiger partial charge on any atom is -0.444 e. The molecule has 1 aromatic heterocycles. The van der Waals surface area contributed by atoms with Crippen LogP contribution in [-0.2, 0) is 0 Å². The lowest BCUT2D eigenvalue weighted by Crippen LogP contribution is -2.02. The first-order valence-electron chi connectivity index (χ1n) is 5.50. The third-order valence-corrected chi connectivity index (χ3v) is 2.43. The summed E-state index contributed by atoms with van der Waals surface area (Å²) in [6.45, 7) is 0. The average molecular weight is 261 g/mol. The Kier molecular flexibility index (Phi) is 3.78. The molecule has 0 saturated heterocycles. The van der Waals surface area contributed by atoms with Gasteiger partial charge in [0.25, 0.3) is 0 Å². The van der Waals surface area contributed by atoms with E-state index < -0.39 is 0 Å². The fourth-order valence-corrected chi connectivity index (χ4v) is 1.55. The molecule has 0 fully saturated rings. The lowest BCUT2D eigenvalue weighted by atomic mass is 10.1. The fraction of sp³-hybridized carbons (Fsp3) is 0. The quantitative estimate of drug-likeness (QED) is 0.850. The van der Waals surface area contributed by atoms with Gasteiger partial charge in [0.2, 0.25) is 5.89 Å². The number of oxazole rings is 1. The van der Waals surface area contributed by atoms with Gasteiger partial charge in [-0.1, -0.05) is 12.1 Å². The molecule has 6 heteroatoms. The Bertz CT molecular complexity index is 753. The number of anilines is 1. The highest BCUT2D eigenvalue weighted by Crippen LogP contribution is 2.27.